The normalized spacial score (nSPS) is 16.7. The molecule has 2 atom stereocenters. The number of halogens is 3. The van der Waals surface area contributed by atoms with Crippen LogP contribution in [-0.4, -0.2) is 48.2 Å². The SMILES string of the molecule is C=CC(=O)Nc1cccc(Nc2ccc(CN[C@H]3CC[C@@H](N(C)c4nc(NC)nc5sc(CC(F)(F)F)cc45)C3)cc2)c1. The summed E-state index contributed by atoms with van der Waals surface area (Å²) >= 11 is 1.07. The van der Waals surface area contributed by atoms with E-state index in [9.17, 15) is 18.0 Å². The number of anilines is 5. The third-order valence-corrected chi connectivity index (χ3v) is 8.49. The first-order chi connectivity index (χ1) is 20.6. The number of hydrogen-bond donors (Lipinski definition) is 4. The van der Waals surface area contributed by atoms with Gasteiger partial charge < -0.3 is 26.2 Å². The quantitative estimate of drug-likeness (QED) is 0.138. The van der Waals surface area contributed by atoms with Crippen LogP contribution >= 0.6 is 11.3 Å². The highest BCUT2D eigenvalue weighted by atomic mass is 32.1. The van der Waals surface area contributed by atoms with Gasteiger partial charge in [-0.25, -0.2) is 4.98 Å². The minimum atomic E-state index is -4.27. The minimum Gasteiger partial charge on any atom is -0.357 e. The Bertz CT molecular complexity index is 1590. The lowest BCUT2D eigenvalue weighted by Gasteiger charge is -2.27. The van der Waals surface area contributed by atoms with Crippen molar-refractivity contribution >= 4 is 56.3 Å². The van der Waals surface area contributed by atoms with Crippen LogP contribution in [0, 0.1) is 0 Å². The van der Waals surface area contributed by atoms with Crippen molar-refractivity contribution in [1.82, 2.24) is 15.3 Å². The molecule has 1 saturated carbocycles. The number of benzene rings is 2. The zero-order valence-corrected chi connectivity index (χ0v) is 24.8. The molecule has 0 radical (unpaired) electrons. The van der Waals surface area contributed by atoms with Gasteiger partial charge in [-0.3, -0.25) is 4.79 Å². The summed E-state index contributed by atoms with van der Waals surface area (Å²) in [6.07, 6.45) is -1.18. The molecule has 2 aromatic heterocycles. The third kappa shape index (κ3) is 7.82. The Morgan fingerprint density at radius 2 is 1.86 bits per heavy atom. The third-order valence-electron chi connectivity index (χ3n) is 7.46. The van der Waals surface area contributed by atoms with Gasteiger partial charge in [0, 0.05) is 54.7 Å². The number of fused-ring (bicyclic) bond motifs is 1. The molecule has 226 valence electrons. The molecular weight excluding hydrogens is 575 g/mol. The maximum absolute atomic E-state index is 13.0. The number of aromatic nitrogens is 2. The van der Waals surface area contributed by atoms with Gasteiger partial charge in [0.15, 0.2) is 0 Å². The monoisotopic (exact) mass is 609 g/mol. The van der Waals surface area contributed by atoms with E-state index in [0.717, 1.165) is 54.1 Å². The smallest absolute Gasteiger partial charge is 0.357 e. The average Bonchev–Trinajstić information content (AvgIpc) is 3.61. The van der Waals surface area contributed by atoms with Gasteiger partial charge in [-0.15, -0.1) is 11.3 Å². The zero-order valence-electron chi connectivity index (χ0n) is 24.0. The van der Waals surface area contributed by atoms with Gasteiger partial charge in [-0.2, -0.15) is 18.2 Å². The Hall–Kier alpha value is -4.16. The van der Waals surface area contributed by atoms with Crippen LogP contribution in [0.15, 0.2) is 67.3 Å². The summed E-state index contributed by atoms with van der Waals surface area (Å²) in [5.74, 6) is 0.790. The van der Waals surface area contributed by atoms with Crippen molar-refractivity contribution in [3.8, 4) is 0 Å². The molecule has 8 nitrogen and oxygen atoms in total. The summed E-state index contributed by atoms with van der Waals surface area (Å²) in [5.41, 5.74) is 3.63. The number of rotatable bonds is 11. The standard InChI is InChI=1S/C31H34F3N7OS/c1-4-27(42)38-23-7-5-6-22(14-23)37-20-10-8-19(9-11-20)18-36-21-12-13-24(15-21)41(3)28-26-16-25(17-31(32,33)34)43-29(26)40-30(35-2)39-28/h4-11,14,16,21,24,36-37H,1,12-13,15,17-18H2,2-3H3,(H,38,42)(H,35,39,40)/t21-,24+/m0/s1. The van der Waals surface area contributed by atoms with E-state index >= 15 is 0 Å². The van der Waals surface area contributed by atoms with Crippen molar-refractivity contribution in [3.05, 3.63) is 77.7 Å². The molecule has 1 fully saturated rings. The van der Waals surface area contributed by atoms with Gasteiger partial charge in [-0.1, -0.05) is 24.8 Å². The summed E-state index contributed by atoms with van der Waals surface area (Å²) in [6, 6.07) is 17.7. The van der Waals surface area contributed by atoms with Gasteiger partial charge >= 0.3 is 6.18 Å². The minimum absolute atomic E-state index is 0.199. The molecule has 43 heavy (non-hydrogen) atoms. The van der Waals surface area contributed by atoms with Gasteiger partial charge in [-0.05, 0) is 67.3 Å². The Balaban J connectivity index is 1.17. The molecule has 5 rings (SSSR count). The zero-order chi connectivity index (χ0) is 30.6. The highest BCUT2D eigenvalue weighted by Gasteiger charge is 2.31. The Kier molecular flexibility index (Phi) is 9.16. The Labute approximate surface area is 252 Å². The van der Waals surface area contributed by atoms with Crippen molar-refractivity contribution in [2.45, 2.75) is 50.5 Å². The molecule has 0 unspecified atom stereocenters. The molecule has 0 bridgehead atoms. The molecule has 4 aromatic rings. The molecule has 1 aliphatic rings. The molecule has 0 aliphatic heterocycles. The molecule has 1 amide bonds. The molecule has 2 heterocycles. The molecule has 12 heteroatoms. The van der Waals surface area contributed by atoms with Crippen molar-refractivity contribution in [2.24, 2.45) is 0 Å². The van der Waals surface area contributed by atoms with Crippen LogP contribution in [0.4, 0.5) is 42.0 Å². The number of hydrogen-bond acceptors (Lipinski definition) is 8. The number of alkyl halides is 3. The van der Waals surface area contributed by atoms with E-state index in [1.807, 2.05) is 43.4 Å². The van der Waals surface area contributed by atoms with Crippen LogP contribution in [0.2, 0.25) is 0 Å². The van der Waals surface area contributed by atoms with Crippen molar-refractivity contribution in [2.75, 3.05) is 34.9 Å². The Morgan fingerprint density at radius 1 is 1.09 bits per heavy atom. The predicted octanol–water partition coefficient (Wildman–Crippen LogP) is 6.85. The largest absolute Gasteiger partial charge is 0.393 e. The second kappa shape index (κ2) is 13.0. The first-order valence-electron chi connectivity index (χ1n) is 14.0. The number of carbonyl (C=O) groups excluding carboxylic acids is 1. The van der Waals surface area contributed by atoms with Crippen molar-refractivity contribution in [1.29, 1.82) is 0 Å². The van der Waals surface area contributed by atoms with Crippen LogP contribution in [0.5, 0.6) is 0 Å². The second-order valence-electron chi connectivity index (χ2n) is 10.6. The first-order valence-corrected chi connectivity index (χ1v) is 14.8. The second-order valence-corrected chi connectivity index (χ2v) is 11.7. The van der Waals surface area contributed by atoms with Gasteiger partial charge in [0.25, 0.3) is 0 Å². The highest BCUT2D eigenvalue weighted by molar-refractivity contribution is 7.18. The van der Waals surface area contributed by atoms with Crippen LogP contribution in [-0.2, 0) is 17.8 Å². The fraction of sp³-hybridized carbons (Fsp3) is 0.323. The molecule has 2 aromatic carbocycles. The summed E-state index contributed by atoms with van der Waals surface area (Å²) in [6.45, 7) is 4.19. The first kappa shape index (κ1) is 30.3. The van der Waals surface area contributed by atoms with Crippen LogP contribution in [0.25, 0.3) is 10.2 Å². The van der Waals surface area contributed by atoms with Gasteiger partial charge in [0.2, 0.25) is 11.9 Å². The molecule has 0 saturated heterocycles. The summed E-state index contributed by atoms with van der Waals surface area (Å²) < 4.78 is 39.1. The number of nitrogens with one attached hydrogen (secondary N) is 4. The average molecular weight is 610 g/mol. The lowest BCUT2D eigenvalue weighted by molar-refractivity contribution is -0.126. The summed E-state index contributed by atoms with van der Waals surface area (Å²) in [7, 11) is 3.67. The van der Waals surface area contributed by atoms with Crippen molar-refractivity contribution in [3.63, 3.8) is 0 Å². The highest BCUT2D eigenvalue weighted by Crippen LogP contribution is 2.37. The molecular formula is C31H34F3N7OS. The lowest BCUT2D eigenvalue weighted by atomic mass is 10.1. The van der Waals surface area contributed by atoms with Gasteiger partial charge in [0.1, 0.15) is 10.6 Å². The number of carbonyl (C=O) groups is 1. The fourth-order valence-corrected chi connectivity index (χ4v) is 6.35. The molecule has 1 aliphatic carbocycles. The Morgan fingerprint density at radius 3 is 2.58 bits per heavy atom. The topological polar surface area (TPSA) is 94.2 Å². The van der Waals surface area contributed by atoms with E-state index in [1.165, 1.54) is 6.08 Å². The van der Waals surface area contributed by atoms with E-state index in [0.29, 0.717) is 33.7 Å². The van der Waals surface area contributed by atoms with E-state index in [-0.39, 0.29) is 16.8 Å². The summed E-state index contributed by atoms with van der Waals surface area (Å²) in [4.78, 5) is 23.5. The number of nitrogens with zero attached hydrogens (tertiary/aromatic N) is 3. The fourth-order valence-electron chi connectivity index (χ4n) is 5.29. The van der Waals surface area contributed by atoms with Crippen molar-refractivity contribution < 1.29 is 18.0 Å². The molecule has 4 N–H and O–H groups in total. The maximum Gasteiger partial charge on any atom is 0.393 e. The maximum atomic E-state index is 13.0. The molecule has 0 spiro atoms. The van der Waals surface area contributed by atoms with E-state index in [4.69, 9.17) is 0 Å². The van der Waals surface area contributed by atoms with E-state index in [1.54, 1.807) is 13.1 Å². The summed E-state index contributed by atoms with van der Waals surface area (Å²) in [5, 5.41) is 13.4. The number of amides is 1. The van der Waals surface area contributed by atoms with E-state index in [2.05, 4.69) is 54.8 Å². The lowest BCUT2D eigenvalue weighted by Crippen LogP contribution is -2.33. The van der Waals surface area contributed by atoms with Gasteiger partial charge in [0.05, 0.1) is 11.8 Å². The van der Waals surface area contributed by atoms with Crippen LogP contribution in [0.3, 0.4) is 0 Å². The van der Waals surface area contributed by atoms with Crippen LogP contribution in [0.1, 0.15) is 29.7 Å². The predicted molar refractivity (Wildman–Crippen MR) is 168 cm³/mol. The van der Waals surface area contributed by atoms with E-state index < -0.39 is 12.6 Å². The van der Waals surface area contributed by atoms with Crippen LogP contribution < -0.4 is 26.2 Å². The number of thiophene rings is 1.